The van der Waals surface area contributed by atoms with E-state index < -0.39 is 5.82 Å². The second-order valence-electron chi connectivity index (χ2n) is 9.30. The zero-order chi connectivity index (χ0) is 27.6. The van der Waals surface area contributed by atoms with Crippen molar-refractivity contribution in [2.24, 2.45) is 7.05 Å². The molecule has 2 heterocycles. The first kappa shape index (κ1) is 27.5. The molecule has 1 saturated carbocycles. The van der Waals surface area contributed by atoms with Crippen molar-refractivity contribution in [2.45, 2.75) is 53.1 Å². The van der Waals surface area contributed by atoms with Gasteiger partial charge in [0.15, 0.2) is 5.75 Å². The molecule has 202 valence electrons. The number of anilines is 3. The summed E-state index contributed by atoms with van der Waals surface area (Å²) in [5, 5.41) is 5.98. The SMILES string of the molecule is CC.Cc1ccc(Nc2c(C(=O)NC3CC3)c(Oc3ccc4c(c3)CN(C)SN4)c(C)c(=O)n2C)c(F)c1. The molecule has 0 spiro atoms. The minimum Gasteiger partial charge on any atom is -0.456 e. The third-order valence-corrected chi connectivity index (χ3v) is 7.04. The minimum atomic E-state index is -0.483. The number of nitrogens with zero attached hydrogens (tertiary/aromatic N) is 2. The lowest BCUT2D eigenvalue weighted by molar-refractivity contribution is 0.0948. The number of nitrogens with one attached hydrogen (secondary N) is 3. The van der Waals surface area contributed by atoms with Gasteiger partial charge in [-0.2, -0.15) is 0 Å². The van der Waals surface area contributed by atoms with Gasteiger partial charge in [-0.1, -0.05) is 19.9 Å². The van der Waals surface area contributed by atoms with Crippen molar-refractivity contribution in [1.29, 1.82) is 0 Å². The van der Waals surface area contributed by atoms with Gasteiger partial charge in [0, 0.05) is 37.5 Å². The van der Waals surface area contributed by atoms with Crippen molar-refractivity contribution in [3.63, 3.8) is 0 Å². The molecule has 0 unspecified atom stereocenters. The average Bonchev–Trinajstić information content (AvgIpc) is 3.71. The van der Waals surface area contributed by atoms with Crippen LogP contribution in [0.4, 0.5) is 21.6 Å². The highest BCUT2D eigenvalue weighted by Crippen LogP contribution is 2.37. The highest BCUT2D eigenvalue weighted by atomic mass is 32.2. The van der Waals surface area contributed by atoms with Crippen LogP contribution in [-0.2, 0) is 13.6 Å². The maximum absolute atomic E-state index is 14.7. The Kier molecular flexibility index (Phi) is 8.32. The fourth-order valence-corrected chi connectivity index (χ4v) is 4.77. The fraction of sp³-hybridized carbons (Fsp3) is 0.357. The fourth-order valence-electron chi connectivity index (χ4n) is 4.11. The smallest absolute Gasteiger partial charge is 0.259 e. The minimum absolute atomic E-state index is 0.0784. The summed E-state index contributed by atoms with van der Waals surface area (Å²) in [4.78, 5) is 26.7. The molecular weight excluding hydrogens is 505 g/mol. The standard InChI is InChI=1S/C26H28FN5O3S.C2H6/c1-14-5-9-21(19(27)11-14)29-24-22(25(33)28-17-6-7-17)23(15(2)26(34)32(24)4)35-18-8-10-20-16(12-18)13-31(3)36-30-20;1-2/h5,8-12,17,29-30H,6-7,13H2,1-4H3,(H,28,33);1-2H3. The number of amides is 1. The molecule has 1 amide bonds. The number of carbonyl (C=O) groups is 1. The van der Waals surface area contributed by atoms with Crippen molar-refractivity contribution in [1.82, 2.24) is 14.2 Å². The Morgan fingerprint density at radius 2 is 1.87 bits per heavy atom. The Morgan fingerprint density at radius 3 is 2.55 bits per heavy atom. The maximum atomic E-state index is 14.7. The van der Waals surface area contributed by atoms with Gasteiger partial charge in [0.2, 0.25) is 0 Å². The normalized spacial score (nSPS) is 14.5. The molecule has 38 heavy (non-hydrogen) atoms. The Morgan fingerprint density at radius 1 is 1.13 bits per heavy atom. The Labute approximate surface area is 226 Å². The van der Waals surface area contributed by atoms with Gasteiger partial charge >= 0.3 is 0 Å². The summed E-state index contributed by atoms with van der Waals surface area (Å²) in [6.07, 6.45) is 1.79. The van der Waals surface area contributed by atoms with Gasteiger partial charge in [-0.25, -0.2) is 8.70 Å². The van der Waals surface area contributed by atoms with E-state index in [0.29, 0.717) is 12.3 Å². The summed E-state index contributed by atoms with van der Waals surface area (Å²) in [5.41, 5.74) is 3.03. The number of benzene rings is 2. The van der Waals surface area contributed by atoms with E-state index >= 15 is 0 Å². The number of ether oxygens (including phenoxy) is 1. The van der Waals surface area contributed by atoms with Crippen LogP contribution in [0, 0.1) is 19.7 Å². The van der Waals surface area contributed by atoms with Crippen molar-refractivity contribution in [3.8, 4) is 11.5 Å². The lowest BCUT2D eigenvalue weighted by Gasteiger charge is -2.25. The van der Waals surface area contributed by atoms with Gasteiger partial charge in [-0.3, -0.25) is 14.2 Å². The van der Waals surface area contributed by atoms with Crippen molar-refractivity contribution < 1.29 is 13.9 Å². The van der Waals surface area contributed by atoms with Crippen LogP contribution in [0.1, 0.15) is 53.7 Å². The zero-order valence-electron chi connectivity index (χ0n) is 22.6. The lowest BCUT2D eigenvalue weighted by Crippen LogP contribution is -2.31. The Hall–Kier alpha value is -3.50. The van der Waals surface area contributed by atoms with Crippen LogP contribution in [0.5, 0.6) is 11.5 Å². The summed E-state index contributed by atoms with van der Waals surface area (Å²) in [5.74, 6) is -0.0460. The zero-order valence-corrected chi connectivity index (χ0v) is 23.4. The molecule has 0 radical (unpaired) electrons. The van der Waals surface area contributed by atoms with Crippen LogP contribution in [0.2, 0.25) is 0 Å². The first-order valence-corrected chi connectivity index (χ1v) is 13.5. The van der Waals surface area contributed by atoms with Gasteiger partial charge in [-0.15, -0.1) is 0 Å². The number of pyridine rings is 1. The van der Waals surface area contributed by atoms with Crippen molar-refractivity contribution >= 4 is 35.2 Å². The molecule has 3 aromatic rings. The third-order valence-electron chi connectivity index (χ3n) is 6.28. The van der Waals surface area contributed by atoms with Gasteiger partial charge in [0.25, 0.3) is 11.5 Å². The molecule has 2 aliphatic rings. The summed E-state index contributed by atoms with van der Waals surface area (Å²) in [7, 11) is 3.53. The monoisotopic (exact) mass is 539 g/mol. The summed E-state index contributed by atoms with van der Waals surface area (Å²) >= 11 is 1.51. The number of rotatable bonds is 6. The lowest BCUT2D eigenvalue weighted by atomic mass is 10.1. The highest BCUT2D eigenvalue weighted by Gasteiger charge is 2.31. The van der Waals surface area contributed by atoms with Crippen LogP contribution < -0.4 is 25.7 Å². The van der Waals surface area contributed by atoms with Gasteiger partial charge < -0.3 is 20.1 Å². The van der Waals surface area contributed by atoms with E-state index in [4.69, 9.17) is 4.74 Å². The molecule has 0 bridgehead atoms. The highest BCUT2D eigenvalue weighted by molar-refractivity contribution is 7.98. The molecule has 2 aromatic carbocycles. The third kappa shape index (κ3) is 5.81. The molecule has 10 heteroatoms. The van der Waals surface area contributed by atoms with Crippen molar-refractivity contribution in [3.05, 3.63) is 74.8 Å². The molecule has 1 aliphatic carbocycles. The van der Waals surface area contributed by atoms with E-state index in [0.717, 1.165) is 29.7 Å². The van der Waals surface area contributed by atoms with Crippen LogP contribution in [0.3, 0.4) is 0 Å². The molecular formula is C28H34FN5O3S. The number of hydrogen-bond acceptors (Lipinski definition) is 7. The van der Waals surface area contributed by atoms with Gasteiger partial charge in [-0.05, 0) is 75.2 Å². The van der Waals surface area contributed by atoms with Crippen LogP contribution in [0.25, 0.3) is 0 Å². The summed E-state index contributed by atoms with van der Waals surface area (Å²) in [6, 6.07) is 10.4. The van der Waals surface area contributed by atoms with E-state index in [2.05, 4.69) is 15.4 Å². The number of halogens is 1. The molecule has 3 N–H and O–H groups in total. The molecule has 1 aliphatic heterocycles. The first-order chi connectivity index (χ1) is 18.2. The Balaban J connectivity index is 0.00000164. The second kappa shape index (κ2) is 11.5. The van der Waals surface area contributed by atoms with E-state index in [1.54, 1.807) is 39.1 Å². The number of aromatic nitrogens is 1. The predicted octanol–water partition coefficient (Wildman–Crippen LogP) is 6.02. The molecule has 0 saturated heterocycles. The van der Waals surface area contributed by atoms with Crippen LogP contribution in [0.15, 0.2) is 41.2 Å². The quantitative estimate of drug-likeness (QED) is 0.330. The first-order valence-electron chi connectivity index (χ1n) is 12.7. The van der Waals surface area contributed by atoms with Gasteiger partial charge in [0.05, 0.1) is 11.3 Å². The number of aryl methyl sites for hydroxylation is 1. The number of carbonyl (C=O) groups excluding carboxylic acids is 1. The van der Waals surface area contributed by atoms with E-state index in [9.17, 15) is 14.0 Å². The molecule has 1 fully saturated rings. The second-order valence-corrected chi connectivity index (χ2v) is 10.3. The maximum Gasteiger partial charge on any atom is 0.259 e. The summed E-state index contributed by atoms with van der Waals surface area (Å²) < 4.78 is 27.6. The predicted molar refractivity (Wildman–Crippen MR) is 152 cm³/mol. The van der Waals surface area contributed by atoms with Crippen molar-refractivity contribution in [2.75, 3.05) is 17.1 Å². The number of hydrogen-bond donors (Lipinski definition) is 3. The largest absolute Gasteiger partial charge is 0.456 e. The molecule has 1 aromatic heterocycles. The van der Waals surface area contributed by atoms with E-state index in [1.807, 2.05) is 37.3 Å². The molecule has 5 rings (SSSR count). The van der Waals surface area contributed by atoms with E-state index in [-0.39, 0.29) is 45.9 Å². The topological polar surface area (TPSA) is 87.6 Å². The van der Waals surface area contributed by atoms with Crippen LogP contribution >= 0.6 is 12.1 Å². The number of fused-ring (bicyclic) bond motifs is 1. The Bertz CT molecular complexity index is 1420. The van der Waals surface area contributed by atoms with Gasteiger partial charge in [0.1, 0.15) is 22.9 Å². The average molecular weight is 540 g/mol. The van der Waals surface area contributed by atoms with Crippen LogP contribution in [-0.4, -0.2) is 27.9 Å². The van der Waals surface area contributed by atoms with E-state index in [1.165, 1.54) is 22.8 Å². The molecule has 0 atom stereocenters. The molecule has 8 nitrogen and oxygen atoms in total. The summed E-state index contributed by atoms with van der Waals surface area (Å²) in [6.45, 7) is 8.12.